The van der Waals surface area contributed by atoms with E-state index in [0.717, 1.165) is 5.56 Å². The van der Waals surface area contributed by atoms with Gasteiger partial charge < -0.3 is 14.7 Å². The van der Waals surface area contributed by atoms with Gasteiger partial charge in [0.2, 0.25) is 0 Å². The molecule has 0 bridgehead atoms. The first-order chi connectivity index (χ1) is 11.0. The predicted molar refractivity (Wildman–Crippen MR) is 87.4 cm³/mol. The van der Waals surface area contributed by atoms with Crippen LogP contribution in [0.1, 0.15) is 29.8 Å². The summed E-state index contributed by atoms with van der Waals surface area (Å²) in [6.07, 6.45) is 2.12. The van der Waals surface area contributed by atoms with Gasteiger partial charge in [-0.25, -0.2) is 4.79 Å². The molecule has 1 heterocycles. The second-order valence-electron chi connectivity index (χ2n) is 6.02. The average Bonchev–Trinajstić information content (AvgIpc) is 2.54. The van der Waals surface area contributed by atoms with Crippen LogP contribution in [0.15, 0.2) is 35.9 Å². The third-order valence-corrected chi connectivity index (χ3v) is 3.70. The molecule has 0 atom stereocenters. The van der Waals surface area contributed by atoms with Gasteiger partial charge in [0.15, 0.2) is 0 Å². The van der Waals surface area contributed by atoms with E-state index in [1.165, 1.54) is 0 Å². The zero-order chi connectivity index (χ0) is 16.8. The molecule has 0 aliphatic carbocycles. The van der Waals surface area contributed by atoms with Gasteiger partial charge in [-0.15, -0.1) is 0 Å². The fourth-order valence-electron chi connectivity index (χ4n) is 2.54. The number of hydrogen-bond acceptors (Lipinski definition) is 3. The van der Waals surface area contributed by atoms with Crippen molar-refractivity contribution in [3.8, 4) is 0 Å². The topological polar surface area (TPSA) is 66.8 Å². The fourth-order valence-corrected chi connectivity index (χ4v) is 2.54. The smallest absolute Gasteiger partial charge is 0.331 e. The van der Waals surface area contributed by atoms with Crippen LogP contribution >= 0.6 is 0 Å². The number of allylic oxidation sites excluding steroid dienone is 1. The second kappa shape index (κ2) is 7.92. The highest BCUT2D eigenvalue weighted by molar-refractivity contribution is 5.94. The Morgan fingerprint density at radius 1 is 1.22 bits per heavy atom. The lowest BCUT2D eigenvalue weighted by atomic mass is 10.0. The Hall–Kier alpha value is -2.14. The molecule has 0 radical (unpaired) electrons. The molecule has 0 saturated carbocycles. The van der Waals surface area contributed by atoms with Crippen LogP contribution in [0.3, 0.4) is 0 Å². The summed E-state index contributed by atoms with van der Waals surface area (Å²) in [6, 6.07) is 7.18. The molecule has 1 aliphatic heterocycles. The Morgan fingerprint density at radius 2 is 1.83 bits per heavy atom. The van der Waals surface area contributed by atoms with Gasteiger partial charge in [0.1, 0.15) is 0 Å². The molecule has 2 rings (SSSR count). The molecule has 124 valence electrons. The van der Waals surface area contributed by atoms with Gasteiger partial charge in [0.25, 0.3) is 5.91 Å². The number of hydrogen-bond donors (Lipinski definition) is 1. The van der Waals surface area contributed by atoms with E-state index in [4.69, 9.17) is 4.74 Å². The summed E-state index contributed by atoms with van der Waals surface area (Å²) < 4.78 is 5.25. The van der Waals surface area contributed by atoms with Crippen LogP contribution in [0.4, 0.5) is 0 Å². The summed E-state index contributed by atoms with van der Waals surface area (Å²) in [6.45, 7) is 6.28. The molecule has 1 fully saturated rings. The first-order valence-corrected chi connectivity index (χ1v) is 7.87. The highest BCUT2D eigenvalue weighted by Crippen LogP contribution is 2.14. The summed E-state index contributed by atoms with van der Waals surface area (Å²) in [5.74, 6) is -0.716. The molecule has 0 unspecified atom stereocenters. The maximum absolute atomic E-state index is 12.4. The van der Waals surface area contributed by atoms with Gasteiger partial charge in [-0.1, -0.05) is 32.1 Å². The molecule has 0 aromatic heterocycles. The van der Waals surface area contributed by atoms with Gasteiger partial charge in [-0.2, -0.15) is 0 Å². The van der Waals surface area contributed by atoms with Gasteiger partial charge in [0.05, 0.1) is 13.2 Å². The van der Waals surface area contributed by atoms with E-state index in [0.29, 0.717) is 43.9 Å². The minimum Gasteiger partial charge on any atom is -0.478 e. The highest BCUT2D eigenvalue weighted by Gasteiger charge is 2.18. The van der Waals surface area contributed by atoms with E-state index >= 15 is 0 Å². The maximum Gasteiger partial charge on any atom is 0.331 e. The summed E-state index contributed by atoms with van der Waals surface area (Å²) in [5, 5.41) is 9.26. The zero-order valence-electron chi connectivity index (χ0n) is 13.6. The van der Waals surface area contributed by atoms with Crippen molar-refractivity contribution in [3.63, 3.8) is 0 Å². The Bertz CT molecular complexity index is 584. The SMILES string of the molecule is CC(C)/C=C(\Cc1ccc(C(=O)N2CCOCC2)cc1)C(=O)O. The molecule has 23 heavy (non-hydrogen) atoms. The van der Waals surface area contributed by atoms with Gasteiger partial charge >= 0.3 is 5.97 Å². The van der Waals surface area contributed by atoms with E-state index in [9.17, 15) is 14.7 Å². The molecule has 1 aromatic rings. The van der Waals surface area contributed by atoms with Crippen LogP contribution in [-0.4, -0.2) is 48.2 Å². The minimum atomic E-state index is -0.896. The van der Waals surface area contributed by atoms with Crippen molar-refractivity contribution in [2.24, 2.45) is 5.92 Å². The van der Waals surface area contributed by atoms with E-state index < -0.39 is 5.97 Å². The van der Waals surface area contributed by atoms with Crippen molar-refractivity contribution in [1.29, 1.82) is 0 Å². The molecule has 5 heteroatoms. The van der Waals surface area contributed by atoms with Gasteiger partial charge in [-0.3, -0.25) is 4.79 Å². The lowest BCUT2D eigenvalue weighted by Crippen LogP contribution is -2.40. The molecule has 1 aliphatic rings. The van der Waals surface area contributed by atoms with Crippen LogP contribution < -0.4 is 0 Å². The Balaban J connectivity index is 2.06. The van der Waals surface area contributed by atoms with Gasteiger partial charge in [-0.05, 0) is 23.6 Å². The standard InChI is InChI=1S/C18H23NO4/c1-13(2)11-16(18(21)22)12-14-3-5-15(6-4-14)17(20)19-7-9-23-10-8-19/h3-6,11,13H,7-10,12H2,1-2H3,(H,21,22)/b16-11+. The fraction of sp³-hybridized carbons (Fsp3) is 0.444. The molecular weight excluding hydrogens is 294 g/mol. The van der Waals surface area contributed by atoms with Crippen molar-refractivity contribution in [1.82, 2.24) is 4.90 Å². The van der Waals surface area contributed by atoms with Crippen molar-refractivity contribution >= 4 is 11.9 Å². The quantitative estimate of drug-likeness (QED) is 0.847. The molecule has 5 nitrogen and oxygen atoms in total. The van der Waals surface area contributed by atoms with Crippen LogP contribution in [0.25, 0.3) is 0 Å². The van der Waals surface area contributed by atoms with E-state index in [1.54, 1.807) is 23.1 Å². The number of nitrogens with zero attached hydrogens (tertiary/aromatic N) is 1. The largest absolute Gasteiger partial charge is 0.478 e. The Kier molecular flexibility index (Phi) is 5.93. The highest BCUT2D eigenvalue weighted by atomic mass is 16.5. The predicted octanol–water partition coefficient (Wildman–Crippen LogP) is 2.37. The van der Waals surface area contributed by atoms with Crippen molar-refractivity contribution < 1.29 is 19.4 Å². The number of aliphatic carboxylic acids is 1. The first kappa shape index (κ1) is 17.2. The van der Waals surface area contributed by atoms with Crippen molar-refractivity contribution in [3.05, 3.63) is 47.0 Å². The summed E-state index contributed by atoms with van der Waals surface area (Å²) in [5.41, 5.74) is 1.89. The van der Waals surface area contributed by atoms with E-state index in [1.807, 2.05) is 26.0 Å². The number of carboxylic acid groups (broad SMARTS) is 1. The number of benzene rings is 1. The number of amides is 1. The Labute approximate surface area is 136 Å². The van der Waals surface area contributed by atoms with Crippen molar-refractivity contribution in [2.45, 2.75) is 20.3 Å². The monoisotopic (exact) mass is 317 g/mol. The molecule has 1 saturated heterocycles. The molecule has 1 aromatic carbocycles. The summed E-state index contributed by atoms with van der Waals surface area (Å²) in [4.78, 5) is 25.4. The second-order valence-corrected chi connectivity index (χ2v) is 6.02. The van der Waals surface area contributed by atoms with E-state index in [2.05, 4.69) is 0 Å². The number of carbonyl (C=O) groups excluding carboxylic acids is 1. The number of carbonyl (C=O) groups is 2. The van der Waals surface area contributed by atoms with Crippen LogP contribution in [0.5, 0.6) is 0 Å². The number of carboxylic acids is 1. The maximum atomic E-state index is 12.4. The molecule has 1 amide bonds. The third kappa shape index (κ3) is 4.93. The lowest BCUT2D eigenvalue weighted by Gasteiger charge is -2.26. The summed E-state index contributed by atoms with van der Waals surface area (Å²) >= 11 is 0. The first-order valence-electron chi connectivity index (χ1n) is 7.87. The zero-order valence-corrected chi connectivity index (χ0v) is 13.6. The van der Waals surface area contributed by atoms with Crippen LogP contribution in [0.2, 0.25) is 0 Å². The molecular formula is C18H23NO4. The number of ether oxygens (including phenoxy) is 1. The average molecular weight is 317 g/mol. The normalized spacial score (nSPS) is 15.8. The van der Waals surface area contributed by atoms with Gasteiger partial charge in [0, 0.05) is 30.6 Å². The van der Waals surface area contributed by atoms with E-state index in [-0.39, 0.29) is 11.8 Å². The minimum absolute atomic E-state index is 0.00368. The molecule has 0 spiro atoms. The van der Waals surface area contributed by atoms with Crippen LogP contribution in [0, 0.1) is 5.92 Å². The van der Waals surface area contributed by atoms with Crippen molar-refractivity contribution in [2.75, 3.05) is 26.3 Å². The lowest BCUT2D eigenvalue weighted by molar-refractivity contribution is -0.132. The third-order valence-electron chi connectivity index (χ3n) is 3.70. The number of rotatable bonds is 5. The number of morpholine rings is 1. The van der Waals surface area contributed by atoms with Crippen LogP contribution in [-0.2, 0) is 16.0 Å². The summed E-state index contributed by atoms with van der Waals surface area (Å²) in [7, 11) is 0. The molecule has 1 N–H and O–H groups in total. The Morgan fingerprint density at radius 3 is 2.35 bits per heavy atom.